The van der Waals surface area contributed by atoms with Gasteiger partial charge in [-0.15, -0.1) is 11.8 Å². The maximum atomic E-state index is 5.86. The van der Waals surface area contributed by atoms with E-state index in [1.54, 1.807) is 0 Å². The molecule has 1 saturated carbocycles. The minimum atomic E-state index is 0.215. The van der Waals surface area contributed by atoms with Crippen molar-refractivity contribution in [3.8, 4) is 0 Å². The van der Waals surface area contributed by atoms with Crippen molar-refractivity contribution < 1.29 is 0 Å². The van der Waals surface area contributed by atoms with Crippen molar-refractivity contribution in [2.24, 2.45) is 5.73 Å². The summed E-state index contributed by atoms with van der Waals surface area (Å²) in [4.78, 5) is 4.50. The zero-order valence-electron chi connectivity index (χ0n) is 9.86. The Kier molecular flexibility index (Phi) is 4.24. The molecule has 16 heavy (non-hydrogen) atoms. The Bertz CT molecular complexity index is 332. The van der Waals surface area contributed by atoms with Gasteiger partial charge < -0.3 is 5.73 Å². The normalized spacial score (nSPS) is 18.9. The van der Waals surface area contributed by atoms with E-state index in [4.69, 9.17) is 5.73 Å². The number of nitrogens with two attached hydrogens (primary N) is 1. The first kappa shape index (κ1) is 11.9. The summed E-state index contributed by atoms with van der Waals surface area (Å²) in [6.45, 7) is 2.05. The highest BCUT2D eigenvalue weighted by Gasteiger charge is 2.18. The molecule has 1 heterocycles. The van der Waals surface area contributed by atoms with Crippen LogP contribution in [0, 0.1) is 0 Å². The molecule has 2 nitrogen and oxygen atoms in total. The first-order valence-electron chi connectivity index (χ1n) is 6.12. The van der Waals surface area contributed by atoms with Gasteiger partial charge in [-0.2, -0.15) is 0 Å². The second-order valence-corrected chi connectivity index (χ2v) is 5.96. The molecule has 2 N–H and O–H groups in total. The molecule has 1 unspecified atom stereocenters. The topological polar surface area (TPSA) is 38.9 Å². The molecule has 1 fully saturated rings. The van der Waals surface area contributed by atoms with Crippen molar-refractivity contribution in [3.05, 3.63) is 23.9 Å². The molecular weight excluding hydrogens is 216 g/mol. The van der Waals surface area contributed by atoms with Gasteiger partial charge in [-0.05, 0) is 37.8 Å². The summed E-state index contributed by atoms with van der Waals surface area (Å²) in [6, 6.07) is 4.39. The predicted molar refractivity (Wildman–Crippen MR) is 69.7 cm³/mol. The van der Waals surface area contributed by atoms with Crippen LogP contribution in [0.5, 0.6) is 0 Å². The summed E-state index contributed by atoms with van der Waals surface area (Å²) < 4.78 is 0. The van der Waals surface area contributed by atoms with Gasteiger partial charge in [-0.1, -0.05) is 18.9 Å². The van der Waals surface area contributed by atoms with Gasteiger partial charge in [-0.25, -0.2) is 4.98 Å². The average Bonchev–Trinajstić information content (AvgIpc) is 2.73. The van der Waals surface area contributed by atoms with Gasteiger partial charge in [0.15, 0.2) is 0 Å². The maximum Gasteiger partial charge on any atom is 0.0995 e. The molecule has 0 bridgehead atoms. The lowest BCUT2D eigenvalue weighted by atomic mass is 10.1. The van der Waals surface area contributed by atoms with Gasteiger partial charge in [0.25, 0.3) is 0 Å². The third-order valence-corrected chi connectivity index (χ3v) is 4.37. The number of pyridine rings is 1. The second-order valence-electron chi connectivity index (χ2n) is 4.67. The van der Waals surface area contributed by atoms with E-state index >= 15 is 0 Å². The van der Waals surface area contributed by atoms with E-state index in [2.05, 4.69) is 18.0 Å². The minimum absolute atomic E-state index is 0.215. The Morgan fingerprint density at radius 3 is 2.94 bits per heavy atom. The fourth-order valence-electron chi connectivity index (χ4n) is 2.20. The SMILES string of the molecule is CC(N)Cc1cccnc1SC1CCCC1. The molecule has 0 spiro atoms. The smallest absolute Gasteiger partial charge is 0.0995 e. The summed E-state index contributed by atoms with van der Waals surface area (Å²) in [5.74, 6) is 0. The Hall–Kier alpha value is -0.540. The summed E-state index contributed by atoms with van der Waals surface area (Å²) in [5, 5.41) is 1.98. The van der Waals surface area contributed by atoms with E-state index in [-0.39, 0.29) is 6.04 Å². The van der Waals surface area contributed by atoms with Crippen LogP contribution in [0.25, 0.3) is 0 Å². The first-order chi connectivity index (χ1) is 7.75. The quantitative estimate of drug-likeness (QED) is 0.873. The number of hydrogen-bond donors (Lipinski definition) is 1. The van der Waals surface area contributed by atoms with Crippen LogP contribution >= 0.6 is 11.8 Å². The van der Waals surface area contributed by atoms with Crippen LogP contribution in [0.3, 0.4) is 0 Å². The highest BCUT2D eigenvalue weighted by atomic mass is 32.2. The molecule has 0 amide bonds. The molecule has 1 atom stereocenters. The van der Waals surface area contributed by atoms with Gasteiger partial charge in [0, 0.05) is 17.5 Å². The third-order valence-electron chi connectivity index (χ3n) is 2.97. The second kappa shape index (κ2) is 5.69. The van der Waals surface area contributed by atoms with Gasteiger partial charge in [0.1, 0.15) is 0 Å². The molecule has 1 aromatic heterocycles. The van der Waals surface area contributed by atoms with Crippen LogP contribution in [-0.2, 0) is 6.42 Å². The largest absolute Gasteiger partial charge is 0.328 e. The van der Waals surface area contributed by atoms with Crippen molar-refractivity contribution in [2.45, 2.75) is 55.3 Å². The molecule has 0 aliphatic heterocycles. The number of hydrogen-bond acceptors (Lipinski definition) is 3. The van der Waals surface area contributed by atoms with Crippen LogP contribution in [0.2, 0.25) is 0 Å². The summed E-state index contributed by atoms with van der Waals surface area (Å²) in [5.41, 5.74) is 7.18. The van der Waals surface area contributed by atoms with Gasteiger partial charge >= 0.3 is 0 Å². The third kappa shape index (κ3) is 3.22. The van der Waals surface area contributed by atoms with Crippen molar-refractivity contribution in [1.29, 1.82) is 0 Å². The minimum Gasteiger partial charge on any atom is -0.328 e. The highest BCUT2D eigenvalue weighted by Crippen LogP contribution is 2.35. The number of nitrogens with zero attached hydrogens (tertiary/aromatic N) is 1. The van der Waals surface area contributed by atoms with E-state index in [0.717, 1.165) is 11.7 Å². The fourth-order valence-corrected chi connectivity index (χ4v) is 3.51. The van der Waals surface area contributed by atoms with Crippen LogP contribution < -0.4 is 5.73 Å². The molecule has 88 valence electrons. The van der Waals surface area contributed by atoms with Gasteiger partial charge in [0.05, 0.1) is 5.03 Å². The molecule has 0 aromatic carbocycles. The fraction of sp³-hybridized carbons (Fsp3) is 0.615. The van der Waals surface area contributed by atoms with Gasteiger partial charge in [0.2, 0.25) is 0 Å². The lowest BCUT2D eigenvalue weighted by molar-refractivity contribution is 0.721. The lowest BCUT2D eigenvalue weighted by Crippen LogP contribution is -2.18. The molecule has 2 rings (SSSR count). The average molecular weight is 236 g/mol. The Balaban J connectivity index is 2.06. The molecule has 0 saturated heterocycles. The van der Waals surface area contributed by atoms with Crippen LogP contribution in [0.1, 0.15) is 38.2 Å². The molecule has 1 aliphatic carbocycles. The summed E-state index contributed by atoms with van der Waals surface area (Å²) in [6.07, 6.45) is 8.28. The van der Waals surface area contributed by atoms with E-state index in [0.29, 0.717) is 0 Å². The number of rotatable bonds is 4. The van der Waals surface area contributed by atoms with E-state index in [9.17, 15) is 0 Å². The molecule has 1 aliphatic rings. The van der Waals surface area contributed by atoms with E-state index in [1.165, 1.54) is 36.3 Å². The predicted octanol–water partition coefficient (Wildman–Crippen LogP) is 3.01. The molecule has 3 heteroatoms. The summed E-state index contributed by atoms with van der Waals surface area (Å²) in [7, 11) is 0. The number of thioether (sulfide) groups is 1. The van der Waals surface area contributed by atoms with Crippen molar-refractivity contribution in [1.82, 2.24) is 4.98 Å². The zero-order chi connectivity index (χ0) is 11.4. The Morgan fingerprint density at radius 2 is 2.25 bits per heavy atom. The standard InChI is InChI=1S/C13H20N2S/c1-10(14)9-11-5-4-8-15-13(11)16-12-6-2-3-7-12/h4-5,8,10,12H,2-3,6-7,9,14H2,1H3. The highest BCUT2D eigenvalue weighted by molar-refractivity contribution is 7.99. The van der Waals surface area contributed by atoms with Crippen molar-refractivity contribution in [3.63, 3.8) is 0 Å². The van der Waals surface area contributed by atoms with Crippen molar-refractivity contribution >= 4 is 11.8 Å². The monoisotopic (exact) mass is 236 g/mol. The maximum absolute atomic E-state index is 5.86. The Morgan fingerprint density at radius 1 is 1.50 bits per heavy atom. The van der Waals surface area contributed by atoms with Crippen LogP contribution in [-0.4, -0.2) is 16.3 Å². The molecule has 0 radical (unpaired) electrons. The Labute approximate surface area is 102 Å². The van der Waals surface area contributed by atoms with E-state index < -0.39 is 0 Å². The van der Waals surface area contributed by atoms with Crippen molar-refractivity contribution in [2.75, 3.05) is 0 Å². The van der Waals surface area contributed by atoms with Crippen LogP contribution in [0.4, 0.5) is 0 Å². The molecular formula is C13H20N2S. The first-order valence-corrected chi connectivity index (χ1v) is 7.00. The van der Waals surface area contributed by atoms with E-state index in [1.807, 2.05) is 24.0 Å². The zero-order valence-corrected chi connectivity index (χ0v) is 10.7. The van der Waals surface area contributed by atoms with Crippen LogP contribution in [0.15, 0.2) is 23.4 Å². The lowest BCUT2D eigenvalue weighted by Gasteiger charge is -2.13. The van der Waals surface area contributed by atoms with Gasteiger partial charge in [-0.3, -0.25) is 0 Å². The molecule has 1 aromatic rings. The summed E-state index contributed by atoms with van der Waals surface area (Å²) >= 11 is 1.95. The number of aromatic nitrogens is 1.